The van der Waals surface area contributed by atoms with Crippen LogP contribution in [0.4, 0.5) is 0 Å². The Kier molecular flexibility index (Phi) is 3.52. The van der Waals surface area contributed by atoms with Crippen LogP contribution < -0.4 is 0 Å². The van der Waals surface area contributed by atoms with Gasteiger partial charge in [-0.05, 0) is 25.1 Å². The molecular formula is C14H19N3O2S. The molecule has 6 heteroatoms. The molecule has 1 saturated heterocycles. The first-order valence-corrected chi connectivity index (χ1v) is 8.77. The van der Waals surface area contributed by atoms with Crippen molar-refractivity contribution >= 4 is 20.9 Å². The fourth-order valence-electron chi connectivity index (χ4n) is 2.84. The van der Waals surface area contributed by atoms with Crippen LogP contribution in [0.15, 0.2) is 24.3 Å². The number of hydrogen-bond acceptors (Lipinski definition) is 4. The summed E-state index contributed by atoms with van der Waals surface area (Å²) in [6, 6.07) is 8.05. The lowest BCUT2D eigenvalue weighted by Gasteiger charge is -2.25. The van der Waals surface area contributed by atoms with E-state index in [-0.39, 0.29) is 11.8 Å². The Hall–Kier alpha value is -1.40. The first-order valence-electron chi connectivity index (χ1n) is 6.95. The molecule has 0 aliphatic carbocycles. The lowest BCUT2D eigenvalue weighted by molar-refractivity contribution is 0.210. The van der Waals surface area contributed by atoms with E-state index in [1.165, 1.54) is 0 Å². The highest BCUT2D eigenvalue weighted by molar-refractivity contribution is 7.91. The van der Waals surface area contributed by atoms with Crippen molar-refractivity contribution in [3.05, 3.63) is 30.1 Å². The monoisotopic (exact) mass is 293 g/mol. The molecule has 1 N–H and O–H groups in total. The maximum Gasteiger partial charge on any atom is 0.151 e. The molecule has 1 aliphatic rings. The zero-order valence-electron chi connectivity index (χ0n) is 11.5. The molecule has 0 amide bonds. The van der Waals surface area contributed by atoms with Crippen LogP contribution in [0, 0.1) is 0 Å². The molecule has 108 valence electrons. The zero-order chi connectivity index (χ0) is 14.2. The molecule has 1 fully saturated rings. The van der Waals surface area contributed by atoms with Crippen molar-refractivity contribution in [3.8, 4) is 0 Å². The Morgan fingerprint density at radius 2 is 2.20 bits per heavy atom. The Balaban J connectivity index is 1.77. The van der Waals surface area contributed by atoms with Crippen molar-refractivity contribution < 1.29 is 8.42 Å². The van der Waals surface area contributed by atoms with E-state index in [0.29, 0.717) is 12.3 Å². The molecular weight excluding hydrogens is 274 g/mol. The SMILES string of the molecule is CCN(Cc1nc2ccccc2[nH]1)[C@@H]1CCS(=O)(=O)C1. The van der Waals surface area contributed by atoms with E-state index in [1.54, 1.807) is 0 Å². The van der Waals surface area contributed by atoms with Crippen LogP contribution in [0.1, 0.15) is 19.2 Å². The standard InChI is InChI=1S/C14H19N3O2S/c1-2-17(11-7-8-20(18,19)10-11)9-14-15-12-5-3-4-6-13(12)16-14/h3-6,11H,2,7-10H2,1H3,(H,15,16)/t11-/m1/s1. The van der Waals surface area contributed by atoms with Crippen LogP contribution in [0.25, 0.3) is 11.0 Å². The van der Waals surface area contributed by atoms with Crippen LogP contribution >= 0.6 is 0 Å². The Bertz CT molecular complexity index is 675. The van der Waals surface area contributed by atoms with Crippen LogP contribution in [-0.4, -0.2) is 47.4 Å². The second kappa shape index (κ2) is 5.18. The van der Waals surface area contributed by atoms with Gasteiger partial charge in [-0.3, -0.25) is 4.90 Å². The van der Waals surface area contributed by atoms with Crippen molar-refractivity contribution in [2.75, 3.05) is 18.1 Å². The van der Waals surface area contributed by atoms with Crippen molar-refractivity contribution in [1.82, 2.24) is 14.9 Å². The average molecular weight is 293 g/mol. The molecule has 0 bridgehead atoms. The number of H-pyrrole nitrogens is 1. The van der Waals surface area contributed by atoms with Gasteiger partial charge in [0.1, 0.15) is 5.82 Å². The minimum atomic E-state index is -2.84. The summed E-state index contributed by atoms with van der Waals surface area (Å²) < 4.78 is 23.2. The molecule has 1 aliphatic heterocycles. The van der Waals surface area contributed by atoms with Gasteiger partial charge in [-0.1, -0.05) is 19.1 Å². The number of rotatable bonds is 4. The second-order valence-corrected chi connectivity index (χ2v) is 7.55. The van der Waals surface area contributed by atoms with Crippen molar-refractivity contribution in [1.29, 1.82) is 0 Å². The Labute approximate surface area is 118 Å². The molecule has 5 nitrogen and oxygen atoms in total. The molecule has 20 heavy (non-hydrogen) atoms. The lowest BCUT2D eigenvalue weighted by atomic mass is 10.2. The van der Waals surface area contributed by atoms with Crippen molar-refractivity contribution in [3.63, 3.8) is 0 Å². The van der Waals surface area contributed by atoms with Crippen molar-refractivity contribution in [2.24, 2.45) is 0 Å². The van der Waals surface area contributed by atoms with Crippen LogP contribution in [0.3, 0.4) is 0 Å². The third-order valence-corrected chi connectivity index (χ3v) is 5.67. The topological polar surface area (TPSA) is 66.1 Å². The summed E-state index contributed by atoms with van der Waals surface area (Å²) in [5, 5.41) is 0. The summed E-state index contributed by atoms with van der Waals surface area (Å²) in [5.41, 5.74) is 1.98. The third-order valence-electron chi connectivity index (χ3n) is 3.92. The Morgan fingerprint density at radius 3 is 2.85 bits per heavy atom. The normalized spacial score (nSPS) is 21.8. The van der Waals surface area contributed by atoms with Crippen LogP contribution in [-0.2, 0) is 16.4 Å². The summed E-state index contributed by atoms with van der Waals surface area (Å²) in [6.07, 6.45) is 0.733. The molecule has 1 aromatic carbocycles. The number of imidazole rings is 1. The summed E-state index contributed by atoms with van der Waals surface area (Å²) in [7, 11) is -2.84. The number of aromatic nitrogens is 2. The largest absolute Gasteiger partial charge is 0.341 e. The molecule has 1 aromatic heterocycles. The first-order chi connectivity index (χ1) is 9.57. The number of nitrogens with one attached hydrogen (secondary N) is 1. The molecule has 0 saturated carbocycles. The number of aromatic amines is 1. The van der Waals surface area contributed by atoms with Crippen LogP contribution in [0.5, 0.6) is 0 Å². The van der Waals surface area contributed by atoms with Gasteiger partial charge in [0.25, 0.3) is 0 Å². The lowest BCUT2D eigenvalue weighted by Crippen LogP contribution is -2.35. The van der Waals surface area contributed by atoms with E-state index in [4.69, 9.17) is 0 Å². The number of fused-ring (bicyclic) bond motifs is 1. The fraction of sp³-hybridized carbons (Fsp3) is 0.500. The smallest absolute Gasteiger partial charge is 0.151 e. The van der Waals surface area contributed by atoms with E-state index < -0.39 is 9.84 Å². The van der Waals surface area contributed by atoms with Gasteiger partial charge in [0.05, 0.1) is 29.1 Å². The predicted octanol–water partition coefficient (Wildman–Crippen LogP) is 1.57. The number of benzene rings is 1. The van der Waals surface area contributed by atoms with Crippen LogP contribution in [0.2, 0.25) is 0 Å². The predicted molar refractivity (Wildman–Crippen MR) is 79.2 cm³/mol. The van der Waals surface area contributed by atoms with Gasteiger partial charge in [-0.25, -0.2) is 13.4 Å². The Morgan fingerprint density at radius 1 is 1.40 bits per heavy atom. The van der Waals surface area contributed by atoms with Gasteiger partial charge >= 0.3 is 0 Å². The molecule has 2 heterocycles. The van der Waals surface area contributed by atoms with Gasteiger partial charge in [0.15, 0.2) is 9.84 Å². The minimum Gasteiger partial charge on any atom is -0.341 e. The molecule has 2 aromatic rings. The van der Waals surface area contributed by atoms with E-state index in [2.05, 4.69) is 21.8 Å². The molecule has 0 spiro atoms. The van der Waals surface area contributed by atoms with E-state index in [1.807, 2.05) is 24.3 Å². The maximum atomic E-state index is 11.6. The highest BCUT2D eigenvalue weighted by atomic mass is 32.2. The van der Waals surface area contributed by atoms with Gasteiger partial charge in [0.2, 0.25) is 0 Å². The number of para-hydroxylation sites is 2. The van der Waals surface area contributed by atoms with Gasteiger partial charge in [-0.2, -0.15) is 0 Å². The number of hydrogen-bond donors (Lipinski definition) is 1. The average Bonchev–Trinajstić information content (AvgIpc) is 2.98. The van der Waals surface area contributed by atoms with E-state index in [0.717, 1.165) is 29.8 Å². The van der Waals surface area contributed by atoms with Gasteiger partial charge in [-0.15, -0.1) is 0 Å². The highest BCUT2D eigenvalue weighted by Gasteiger charge is 2.31. The van der Waals surface area contributed by atoms with E-state index >= 15 is 0 Å². The molecule has 0 radical (unpaired) electrons. The summed E-state index contributed by atoms with van der Waals surface area (Å²) >= 11 is 0. The molecule has 0 unspecified atom stereocenters. The van der Waals surface area contributed by atoms with Crippen molar-refractivity contribution in [2.45, 2.75) is 25.9 Å². The quantitative estimate of drug-likeness (QED) is 0.929. The van der Waals surface area contributed by atoms with E-state index in [9.17, 15) is 8.42 Å². The molecule has 3 rings (SSSR count). The fourth-order valence-corrected chi connectivity index (χ4v) is 4.60. The van der Waals surface area contributed by atoms with Gasteiger partial charge in [0, 0.05) is 6.04 Å². The third kappa shape index (κ3) is 2.71. The number of sulfone groups is 1. The summed E-state index contributed by atoms with van der Waals surface area (Å²) in [5.74, 6) is 1.49. The zero-order valence-corrected chi connectivity index (χ0v) is 12.4. The highest BCUT2D eigenvalue weighted by Crippen LogP contribution is 2.20. The first kappa shape index (κ1) is 13.6. The van der Waals surface area contributed by atoms with Gasteiger partial charge < -0.3 is 4.98 Å². The minimum absolute atomic E-state index is 0.123. The summed E-state index contributed by atoms with van der Waals surface area (Å²) in [6.45, 7) is 3.57. The maximum absolute atomic E-state index is 11.6. The second-order valence-electron chi connectivity index (χ2n) is 5.32. The number of nitrogens with zero attached hydrogens (tertiary/aromatic N) is 2. The molecule has 1 atom stereocenters. The summed E-state index contributed by atoms with van der Waals surface area (Å²) in [4.78, 5) is 10.1.